The predicted octanol–water partition coefficient (Wildman–Crippen LogP) is 4.41. The average molecular weight is 541 g/mol. The summed E-state index contributed by atoms with van der Waals surface area (Å²) in [6.45, 7) is 18.2. The van der Waals surface area contributed by atoms with Crippen LogP contribution in [0.25, 0.3) is 0 Å². The number of aromatic nitrogens is 2. The van der Waals surface area contributed by atoms with Gasteiger partial charge in [0.15, 0.2) is 6.29 Å². The summed E-state index contributed by atoms with van der Waals surface area (Å²) >= 11 is 0. The molecule has 218 valence electrons. The van der Waals surface area contributed by atoms with Crippen molar-refractivity contribution in [3.8, 4) is 0 Å². The van der Waals surface area contributed by atoms with E-state index in [1.807, 2.05) is 37.3 Å². The van der Waals surface area contributed by atoms with E-state index in [0.29, 0.717) is 13.1 Å². The van der Waals surface area contributed by atoms with Crippen LogP contribution in [0.5, 0.6) is 0 Å². The highest BCUT2D eigenvalue weighted by molar-refractivity contribution is 5.23. The molecule has 0 atom stereocenters. The minimum atomic E-state index is -1.33. The zero-order chi connectivity index (χ0) is 28.5. The Hall–Kier alpha value is -2.49. The molecule has 0 radical (unpaired) electrons. The van der Waals surface area contributed by atoms with Crippen LogP contribution in [-0.2, 0) is 19.6 Å². The molecule has 2 aromatic rings. The fraction of sp³-hybridized carbons (Fsp3) is 0.581. The molecule has 3 N–H and O–H groups in total. The number of allylic oxidation sites excluding steroid dienone is 1. The third-order valence-corrected chi connectivity index (χ3v) is 6.74. The number of aliphatic hydroxyl groups excluding tert-OH is 1. The maximum absolute atomic E-state index is 9.66. The molecule has 0 fully saturated rings. The van der Waals surface area contributed by atoms with Crippen molar-refractivity contribution in [2.45, 2.75) is 72.4 Å². The van der Waals surface area contributed by atoms with Crippen molar-refractivity contribution in [2.75, 3.05) is 46.3 Å². The summed E-state index contributed by atoms with van der Waals surface area (Å²) in [5.74, 6) is 0.929. The van der Waals surface area contributed by atoms with Crippen molar-refractivity contribution in [3.05, 3.63) is 78.2 Å². The fourth-order valence-electron chi connectivity index (χ4n) is 4.83. The Morgan fingerprint density at radius 3 is 2.03 bits per heavy atom. The van der Waals surface area contributed by atoms with Crippen LogP contribution in [-0.4, -0.2) is 92.4 Å². The zero-order valence-corrected chi connectivity index (χ0v) is 24.7. The second kappa shape index (κ2) is 18.7. The molecule has 0 aliphatic carbocycles. The van der Waals surface area contributed by atoms with Gasteiger partial charge in [0, 0.05) is 51.3 Å². The van der Waals surface area contributed by atoms with Crippen LogP contribution in [0.2, 0.25) is 0 Å². The summed E-state index contributed by atoms with van der Waals surface area (Å²) in [6, 6.07) is 8.65. The Bertz CT molecular complexity index is 923. The highest BCUT2D eigenvalue weighted by atomic mass is 16.5. The lowest BCUT2D eigenvalue weighted by atomic mass is 10.1. The Labute approximate surface area is 236 Å². The van der Waals surface area contributed by atoms with Gasteiger partial charge in [-0.2, -0.15) is 0 Å². The number of nitrogens with one attached hydrogen (secondary N) is 1. The largest absolute Gasteiger partial charge is 0.367 e. The molecule has 0 aliphatic heterocycles. The fourth-order valence-corrected chi connectivity index (χ4v) is 4.83. The van der Waals surface area contributed by atoms with E-state index >= 15 is 0 Å². The van der Waals surface area contributed by atoms with Crippen molar-refractivity contribution in [3.63, 3.8) is 0 Å². The number of aliphatic hydroxyl groups is 2. The molecule has 0 saturated carbocycles. The zero-order valence-electron chi connectivity index (χ0n) is 24.7. The average Bonchev–Trinajstić information content (AvgIpc) is 3.40. The molecular weight excluding hydrogens is 488 g/mol. The van der Waals surface area contributed by atoms with E-state index in [2.05, 4.69) is 69.4 Å². The van der Waals surface area contributed by atoms with Gasteiger partial charge in [-0.3, -0.25) is 9.80 Å². The third-order valence-electron chi connectivity index (χ3n) is 6.74. The summed E-state index contributed by atoms with van der Waals surface area (Å²) in [4.78, 5) is 16.7. The number of rotatable bonds is 21. The molecule has 1 heterocycles. The first-order chi connectivity index (χ1) is 18.8. The Morgan fingerprint density at radius 2 is 1.51 bits per heavy atom. The lowest BCUT2D eigenvalue weighted by Gasteiger charge is -2.27. The van der Waals surface area contributed by atoms with Gasteiger partial charge in [0.2, 0.25) is 0 Å². The maximum Gasteiger partial charge on any atom is 0.164 e. The molecule has 8 heteroatoms. The van der Waals surface area contributed by atoms with Crippen molar-refractivity contribution in [1.29, 1.82) is 0 Å². The molecular formula is C31H52N6O2. The predicted molar refractivity (Wildman–Crippen MR) is 161 cm³/mol. The molecule has 0 unspecified atom stereocenters. The third kappa shape index (κ3) is 13.4. The Balaban J connectivity index is 1.96. The van der Waals surface area contributed by atoms with Crippen LogP contribution in [0.4, 0.5) is 0 Å². The standard InChI is InChI=1S/C31H52N6O2/c1-6-17-34(5)27(4)22-37(25-30-32-15-16-33-30)24-29-13-11-28(12-14-29)23-36(26-31(38)39)21-10-9-20-35(18-7-2)19-8-3/h6,11-17,31,38-39H,4,7-10,18-26H2,1-3,5H3,(H,32,33)/b17-6-. The molecule has 0 spiro atoms. The molecule has 0 amide bonds. The van der Waals surface area contributed by atoms with E-state index in [1.54, 1.807) is 6.20 Å². The van der Waals surface area contributed by atoms with Crippen LogP contribution in [0.3, 0.4) is 0 Å². The van der Waals surface area contributed by atoms with Gasteiger partial charge in [0.05, 0.1) is 6.54 Å². The lowest BCUT2D eigenvalue weighted by Crippen LogP contribution is -2.33. The van der Waals surface area contributed by atoms with Crippen LogP contribution in [0.15, 0.2) is 61.2 Å². The minimum Gasteiger partial charge on any atom is -0.367 e. The number of H-pyrrole nitrogens is 1. The van der Waals surface area contributed by atoms with Crippen LogP contribution < -0.4 is 0 Å². The Morgan fingerprint density at radius 1 is 0.923 bits per heavy atom. The van der Waals surface area contributed by atoms with Gasteiger partial charge in [0.1, 0.15) is 5.82 Å². The van der Waals surface area contributed by atoms with Crippen molar-refractivity contribution >= 4 is 0 Å². The topological polar surface area (TPSA) is 82.1 Å². The van der Waals surface area contributed by atoms with E-state index < -0.39 is 6.29 Å². The van der Waals surface area contributed by atoms with E-state index in [-0.39, 0.29) is 6.54 Å². The number of unbranched alkanes of at least 4 members (excludes halogenated alkanes) is 1. The maximum atomic E-state index is 9.66. The van der Waals surface area contributed by atoms with E-state index in [9.17, 15) is 10.2 Å². The monoisotopic (exact) mass is 540 g/mol. The number of nitrogens with zero attached hydrogens (tertiary/aromatic N) is 5. The van der Waals surface area contributed by atoms with Crippen LogP contribution in [0, 0.1) is 0 Å². The molecule has 2 rings (SSSR count). The highest BCUT2D eigenvalue weighted by Crippen LogP contribution is 2.14. The van der Waals surface area contributed by atoms with Gasteiger partial charge in [0.25, 0.3) is 0 Å². The second-order valence-electron chi connectivity index (χ2n) is 10.4. The Kier molecular flexibility index (Phi) is 15.7. The summed E-state index contributed by atoms with van der Waals surface area (Å²) < 4.78 is 0. The lowest BCUT2D eigenvalue weighted by molar-refractivity contribution is -0.0628. The molecule has 1 aromatic heterocycles. The molecule has 0 bridgehead atoms. The summed E-state index contributed by atoms with van der Waals surface area (Å²) in [7, 11) is 2.02. The van der Waals surface area contributed by atoms with Gasteiger partial charge >= 0.3 is 0 Å². The first kappa shape index (κ1) is 32.7. The van der Waals surface area contributed by atoms with Crippen molar-refractivity contribution < 1.29 is 10.2 Å². The smallest absolute Gasteiger partial charge is 0.164 e. The van der Waals surface area contributed by atoms with Gasteiger partial charge in [-0.25, -0.2) is 4.98 Å². The normalized spacial score (nSPS) is 12.1. The second-order valence-corrected chi connectivity index (χ2v) is 10.4. The number of likely N-dealkylation sites (N-methyl/N-ethyl adjacent to an activating group) is 1. The molecule has 1 aromatic carbocycles. The number of hydrogen-bond acceptors (Lipinski definition) is 7. The molecule has 0 saturated heterocycles. The van der Waals surface area contributed by atoms with Crippen LogP contribution in [0.1, 0.15) is 63.4 Å². The highest BCUT2D eigenvalue weighted by Gasteiger charge is 2.14. The summed E-state index contributed by atoms with van der Waals surface area (Å²) in [5, 5.41) is 19.3. The number of aromatic amines is 1. The number of imidazole rings is 1. The van der Waals surface area contributed by atoms with Gasteiger partial charge < -0.3 is 25.0 Å². The van der Waals surface area contributed by atoms with Gasteiger partial charge in [-0.1, -0.05) is 50.8 Å². The van der Waals surface area contributed by atoms with Crippen LogP contribution >= 0.6 is 0 Å². The van der Waals surface area contributed by atoms with Crippen molar-refractivity contribution in [2.24, 2.45) is 0 Å². The number of benzene rings is 1. The number of hydrogen-bond donors (Lipinski definition) is 3. The molecule has 39 heavy (non-hydrogen) atoms. The van der Waals surface area contributed by atoms with E-state index in [4.69, 9.17) is 0 Å². The van der Waals surface area contributed by atoms with Gasteiger partial charge in [-0.05, 0) is 76.1 Å². The van der Waals surface area contributed by atoms with Crippen molar-refractivity contribution in [1.82, 2.24) is 29.6 Å². The quantitative estimate of drug-likeness (QED) is 0.160. The summed E-state index contributed by atoms with van der Waals surface area (Å²) in [6.07, 6.45) is 10.9. The SMILES string of the molecule is C=C(CN(Cc1ccc(CN(CCCCN(CCC)CCC)CC(O)O)cc1)Cc1ncc[nH]1)N(C)/C=C\C. The van der Waals surface area contributed by atoms with Gasteiger partial charge in [-0.15, -0.1) is 0 Å². The van der Waals surface area contributed by atoms with E-state index in [0.717, 1.165) is 63.6 Å². The molecule has 0 aliphatic rings. The summed E-state index contributed by atoms with van der Waals surface area (Å²) in [5.41, 5.74) is 3.40. The first-order valence-electron chi connectivity index (χ1n) is 14.5. The minimum absolute atomic E-state index is 0.258. The molecule has 8 nitrogen and oxygen atoms in total. The first-order valence-corrected chi connectivity index (χ1v) is 14.5. The van der Waals surface area contributed by atoms with E-state index in [1.165, 1.54) is 24.0 Å².